The van der Waals surface area contributed by atoms with Crippen LogP contribution in [-0.4, -0.2) is 54.2 Å². The molecular formula is C24H37N3O4. The Kier molecular flexibility index (Phi) is 5.20. The molecule has 1 heterocycles. The molecule has 2 N–H and O–H groups in total. The number of Topliss-reactive ketones (excluding diaryl/α,β-unsaturated/α-hetero) is 1. The van der Waals surface area contributed by atoms with Crippen molar-refractivity contribution in [3.8, 4) is 0 Å². The third-order valence-corrected chi connectivity index (χ3v) is 9.76. The van der Waals surface area contributed by atoms with Gasteiger partial charge in [0.15, 0.2) is 0 Å². The molecule has 0 unspecified atom stereocenters. The molecule has 0 spiro atoms. The molecule has 0 amide bonds. The van der Waals surface area contributed by atoms with Gasteiger partial charge in [0.25, 0.3) is 0 Å². The Morgan fingerprint density at radius 3 is 2.68 bits per heavy atom. The van der Waals surface area contributed by atoms with Crippen LogP contribution in [0, 0.1) is 28.6 Å². The van der Waals surface area contributed by atoms with Crippen molar-refractivity contribution in [3.05, 3.63) is 0 Å². The van der Waals surface area contributed by atoms with E-state index >= 15 is 0 Å². The third-order valence-electron chi connectivity index (χ3n) is 9.76. The highest BCUT2D eigenvalue weighted by molar-refractivity contribution is 6.01. The minimum Gasteiger partial charge on any atom is -0.399 e. The second-order valence-corrected chi connectivity index (χ2v) is 11.1. The number of nitrogens with one attached hydrogen (secondary N) is 1. The van der Waals surface area contributed by atoms with Crippen LogP contribution in [0.25, 0.3) is 0 Å². The van der Waals surface area contributed by atoms with Crippen LogP contribution >= 0.6 is 0 Å². The van der Waals surface area contributed by atoms with Gasteiger partial charge >= 0.3 is 0 Å². The van der Waals surface area contributed by atoms with Gasteiger partial charge in [-0.05, 0) is 62.8 Å². The first-order valence-corrected chi connectivity index (χ1v) is 12.1. The number of aliphatic hydroxyl groups is 1. The lowest BCUT2D eigenvalue weighted by atomic mass is 9.43. The maximum atomic E-state index is 12.7. The summed E-state index contributed by atoms with van der Waals surface area (Å²) in [6, 6.07) is 0. The van der Waals surface area contributed by atoms with E-state index in [1.807, 2.05) is 0 Å². The maximum absolute atomic E-state index is 12.7. The Labute approximate surface area is 185 Å². The predicted octanol–water partition coefficient (Wildman–Crippen LogP) is 3.06. The number of nitrogens with zero attached hydrogens (tertiary/aromatic N) is 2. The standard InChI is InChI=1S/C24H37N3O4/c1-22-9-7-19-17(18(22)4-5-21(22)28)12-20(27-30-3)24(29)13-15(6-10-23(19,24)2)26-31-16-8-11-25-14-16/h16-19,25,29H,4-14H2,1-3H3/t16-,17+,18+,19+,22+,23-,24+/m1/s1. The molecule has 7 heteroatoms. The van der Waals surface area contributed by atoms with E-state index in [1.165, 1.54) is 0 Å². The number of carbonyl (C=O) groups excluding carboxylic acids is 1. The summed E-state index contributed by atoms with van der Waals surface area (Å²) >= 11 is 0. The van der Waals surface area contributed by atoms with Crippen LogP contribution in [0.15, 0.2) is 10.3 Å². The van der Waals surface area contributed by atoms with Crippen molar-refractivity contribution in [1.29, 1.82) is 0 Å². The van der Waals surface area contributed by atoms with E-state index in [0.29, 0.717) is 42.8 Å². The predicted molar refractivity (Wildman–Crippen MR) is 118 cm³/mol. The van der Waals surface area contributed by atoms with Crippen molar-refractivity contribution >= 4 is 17.2 Å². The fraction of sp³-hybridized carbons (Fsp3) is 0.875. The zero-order valence-corrected chi connectivity index (χ0v) is 19.2. The summed E-state index contributed by atoms with van der Waals surface area (Å²) in [7, 11) is 1.55. The quantitative estimate of drug-likeness (QED) is 0.670. The Morgan fingerprint density at radius 2 is 1.94 bits per heavy atom. The largest absolute Gasteiger partial charge is 0.399 e. The average Bonchev–Trinajstić information content (AvgIpc) is 3.36. The summed E-state index contributed by atoms with van der Waals surface area (Å²) in [5, 5.41) is 24.3. The highest BCUT2D eigenvalue weighted by Crippen LogP contribution is 2.65. The van der Waals surface area contributed by atoms with Gasteiger partial charge in [0.1, 0.15) is 24.6 Å². The van der Waals surface area contributed by atoms with E-state index in [-0.39, 0.29) is 16.9 Å². The second kappa shape index (κ2) is 7.55. The van der Waals surface area contributed by atoms with Gasteiger partial charge in [-0.25, -0.2) is 0 Å². The van der Waals surface area contributed by atoms with E-state index in [9.17, 15) is 9.90 Å². The minimum absolute atomic E-state index is 0.120. The smallest absolute Gasteiger partial charge is 0.141 e. The third kappa shape index (κ3) is 3.10. The van der Waals surface area contributed by atoms with Crippen LogP contribution < -0.4 is 5.32 Å². The Balaban J connectivity index is 1.45. The van der Waals surface area contributed by atoms with Gasteiger partial charge in [-0.3, -0.25) is 4.79 Å². The number of hydrogen-bond acceptors (Lipinski definition) is 7. The summed E-state index contributed by atoms with van der Waals surface area (Å²) in [6.45, 7) is 6.22. The number of oxime groups is 2. The van der Waals surface area contributed by atoms with E-state index in [2.05, 4.69) is 29.5 Å². The summed E-state index contributed by atoms with van der Waals surface area (Å²) in [6.07, 6.45) is 7.56. The van der Waals surface area contributed by atoms with Crippen LogP contribution in [0.3, 0.4) is 0 Å². The van der Waals surface area contributed by atoms with Crippen LogP contribution in [0.4, 0.5) is 0 Å². The normalized spacial score (nSPS) is 49.6. The van der Waals surface area contributed by atoms with Crippen molar-refractivity contribution in [2.45, 2.75) is 83.3 Å². The maximum Gasteiger partial charge on any atom is 0.141 e. The Hall–Kier alpha value is -1.47. The highest BCUT2D eigenvalue weighted by Gasteiger charge is 2.67. The average molecular weight is 432 g/mol. The Bertz CT molecular complexity index is 807. The molecule has 7 atom stereocenters. The molecule has 5 rings (SSSR count). The lowest BCUT2D eigenvalue weighted by Gasteiger charge is -2.62. The number of carbonyl (C=O) groups is 1. The van der Waals surface area contributed by atoms with Gasteiger partial charge in [-0.1, -0.05) is 24.2 Å². The monoisotopic (exact) mass is 431 g/mol. The first-order valence-electron chi connectivity index (χ1n) is 12.1. The zero-order valence-electron chi connectivity index (χ0n) is 19.2. The number of hydrogen-bond donors (Lipinski definition) is 2. The summed E-state index contributed by atoms with van der Waals surface area (Å²) in [4.78, 5) is 23.7. The lowest BCUT2D eigenvalue weighted by molar-refractivity contribution is -0.146. The van der Waals surface area contributed by atoms with E-state index in [4.69, 9.17) is 9.68 Å². The zero-order chi connectivity index (χ0) is 21.9. The first-order chi connectivity index (χ1) is 14.8. The van der Waals surface area contributed by atoms with Gasteiger partial charge in [0.05, 0.1) is 11.4 Å². The number of rotatable bonds is 3. The van der Waals surface area contributed by atoms with Crippen molar-refractivity contribution < 1.29 is 19.6 Å². The summed E-state index contributed by atoms with van der Waals surface area (Å²) in [5.41, 5.74) is 0.0849. The van der Waals surface area contributed by atoms with Crippen molar-refractivity contribution in [1.82, 2.24) is 5.32 Å². The summed E-state index contributed by atoms with van der Waals surface area (Å²) in [5.74, 6) is 1.58. The molecule has 1 saturated heterocycles. The van der Waals surface area contributed by atoms with Crippen molar-refractivity contribution in [2.24, 2.45) is 38.9 Å². The highest BCUT2D eigenvalue weighted by atomic mass is 16.6. The van der Waals surface area contributed by atoms with Gasteiger partial charge in [-0.2, -0.15) is 0 Å². The van der Waals surface area contributed by atoms with E-state index < -0.39 is 5.60 Å². The molecule has 5 fully saturated rings. The molecule has 0 bridgehead atoms. The van der Waals surface area contributed by atoms with Crippen LogP contribution in [0.2, 0.25) is 0 Å². The summed E-state index contributed by atoms with van der Waals surface area (Å²) < 4.78 is 0. The molecule has 0 aromatic rings. The molecule has 4 aliphatic carbocycles. The number of ketones is 1. The van der Waals surface area contributed by atoms with Gasteiger partial charge < -0.3 is 20.1 Å². The van der Waals surface area contributed by atoms with Gasteiger partial charge in [-0.15, -0.1) is 0 Å². The molecule has 4 saturated carbocycles. The first kappa shape index (κ1) is 21.4. The SMILES string of the molecule is CON=C1C[C@H]2[C@@H]3CCC(=O)[C@@]3(C)CC[C@@H]2[C@@]2(C)CCC(=NO[C@@H]3CCNC3)C[C@]12O. The van der Waals surface area contributed by atoms with Gasteiger partial charge in [0, 0.05) is 36.6 Å². The lowest BCUT2D eigenvalue weighted by Crippen LogP contribution is -2.66. The second-order valence-electron chi connectivity index (χ2n) is 11.1. The topological polar surface area (TPSA) is 92.5 Å². The van der Waals surface area contributed by atoms with Crippen molar-refractivity contribution in [2.75, 3.05) is 20.2 Å². The van der Waals surface area contributed by atoms with Gasteiger partial charge in [0.2, 0.25) is 0 Å². The van der Waals surface area contributed by atoms with Crippen molar-refractivity contribution in [3.63, 3.8) is 0 Å². The molecule has 5 aliphatic rings. The van der Waals surface area contributed by atoms with Crippen LogP contribution in [0.1, 0.15) is 71.6 Å². The fourth-order valence-electron chi connectivity index (χ4n) is 7.81. The molecule has 31 heavy (non-hydrogen) atoms. The van der Waals surface area contributed by atoms with E-state index in [1.54, 1.807) is 7.11 Å². The Morgan fingerprint density at radius 1 is 1.10 bits per heavy atom. The fourth-order valence-corrected chi connectivity index (χ4v) is 7.81. The van der Waals surface area contributed by atoms with Crippen LogP contribution in [0.5, 0.6) is 0 Å². The molecule has 1 aliphatic heterocycles. The molecular weight excluding hydrogens is 394 g/mol. The van der Waals surface area contributed by atoms with E-state index in [0.717, 1.165) is 63.0 Å². The number of fused-ring (bicyclic) bond motifs is 5. The molecule has 172 valence electrons. The molecule has 0 radical (unpaired) electrons. The molecule has 7 nitrogen and oxygen atoms in total. The molecule has 0 aromatic heterocycles. The molecule has 0 aromatic carbocycles. The van der Waals surface area contributed by atoms with Crippen LogP contribution in [-0.2, 0) is 14.5 Å². The minimum atomic E-state index is -1.07.